The van der Waals surface area contributed by atoms with Gasteiger partial charge in [0.05, 0.1) is 0 Å². The lowest BCUT2D eigenvalue weighted by atomic mass is 10.0. The number of nitrogens with zero attached hydrogens (tertiary/aromatic N) is 2. The lowest BCUT2D eigenvalue weighted by Crippen LogP contribution is -2.38. The number of hydrogen-bond donors (Lipinski definition) is 0. The van der Waals surface area contributed by atoms with Crippen LogP contribution in [-0.2, 0) is 10.0 Å². The van der Waals surface area contributed by atoms with Crippen LogP contribution in [0.2, 0.25) is 0 Å². The van der Waals surface area contributed by atoms with Crippen LogP contribution in [0.25, 0.3) is 11.0 Å². The number of aldehydes is 1. The SMILES string of the molecule is CC1(S(=O)(=O)n2ccc3cc(C=O)cnc32)C=CC(Cl)=CC1. The van der Waals surface area contributed by atoms with Crippen LogP contribution >= 0.6 is 11.6 Å². The van der Waals surface area contributed by atoms with Gasteiger partial charge in [-0.1, -0.05) is 23.8 Å². The second kappa shape index (κ2) is 5.07. The van der Waals surface area contributed by atoms with Crippen molar-refractivity contribution in [2.24, 2.45) is 0 Å². The first-order valence-corrected chi connectivity index (χ1v) is 8.41. The van der Waals surface area contributed by atoms with Crippen LogP contribution < -0.4 is 0 Å². The standard InChI is InChI=1S/C15H13ClN2O3S/c1-15(5-2-13(16)3-6-15)22(20,21)18-7-4-12-8-11(10-19)9-17-14(12)18/h2-5,7-10H,6H2,1H3. The lowest BCUT2D eigenvalue weighted by Gasteiger charge is -2.27. The van der Waals surface area contributed by atoms with Gasteiger partial charge in [0.15, 0.2) is 11.9 Å². The van der Waals surface area contributed by atoms with Crippen molar-refractivity contribution in [2.75, 3.05) is 0 Å². The summed E-state index contributed by atoms with van der Waals surface area (Å²) in [4.78, 5) is 14.9. The zero-order valence-electron chi connectivity index (χ0n) is 11.7. The fourth-order valence-corrected chi connectivity index (χ4v) is 4.11. The van der Waals surface area contributed by atoms with E-state index in [2.05, 4.69) is 4.98 Å². The molecule has 0 spiro atoms. The fraction of sp³-hybridized carbons (Fsp3) is 0.200. The number of rotatable bonds is 3. The lowest BCUT2D eigenvalue weighted by molar-refractivity contribution is 0.112. The Morgan fingerprint density at radius 3 is 2.86 bits per heavy atom. The molecule has 2 aromatic rings. The van der Waals surface area contributed by atoms with E-state index in [0.29, 0.717) is 27.9 Å². The van der Waals surface area contributed by atoms with E-state index < -0.39 is 14.8 Å². The monoisotopic (exact) mass is 336 g/mol. The summed E-state index contributed by atoms with van der Waals surface area (Å²) in [5.74, 6) is 0. The second-order valence-electron chi connectivity index (χ2n) is 5.36. The Bertz CT molecular complexity index is 927. The Morgan fingerprint density at radius 1 is 1.45 bits per heavy atom. The molecule has 0 fully saturated rings. The van der Waals surface area contributed by atoms with Gasteiger partial charge in [-0.25, -0.2) is 17.4 Å². The predicted molar refractivity (Wildman–Crippen MR) is 85.5 cm³/mol. The van der Waals surface area contributed by atoms with E-state index in [-0.39, 0.29) is 6.42 Å². The Labute approximate surface area is 133 Å². The average Bonchev–Trinajstić information content (AvgIpc) is 2.93. The predicted octanol–water partition coefficient (Wildman–Crippen LogP) is 2.87. The first-order chi connectivity index (χ1) is 10.4. The molecule has 7 heteroatoms. The molecule has 1 aliphatic rings. The molecule has 114 valence electrons. The van der Waals surface area contributed by atoms with E-state index in [1.165, 1.54) is 12.4 Å². The Balaban J connectivity index is 2.14. The number of allylic oxidation sites excluding steroid dienone is 3. The van der Waals surface area contributed by atoms with Crippen LogP contribution in [0.15, 0.2) is 47.8 Å². The molecule has 22 heavy (non-hydrogen) atoms. The van der Waals surface area contributed by atoms with Crippen molar-refractivity contribution in [2.45, 2.75) is 18.1 Å². The van der Waals surface area contributed by atoms with Gasteiger partial charge in [0, 0.05) is 28.4 Å². The Hall–Kier alpha value is -1.92. The van der Waals surface area contributed by atoms with E-state index in [4.69, 9.17) is 11.6 Å². The molecular formula is C15H13ClN2O3S. The summed E-state index contributed by atoms with van der Waals surface area (Å²) >= 11 is 5.87. The number of hydrogen-bond acceptors (Lipinski definition) is 4. The topological polar surface area (TPSA) is 69.0 Å². The number of aromatic nitrogens is 2. The Morgan fingerprint density at radius 2 is 2.23 bits per heavy atom. The number of halogens is 1. The number of fused-ring (bicyclic) bond motifs is 1. The molecule has 0 aromatic carbocycles. The van der Waals surface area contributed by atoms with Crippen molar-refractivity contribution < 1.29 is 13.2 Å². The molecule has 1 aliphatic carbocycles. The van der Waals surface area contributed by atoms with Gasteiger partial charge in [-0.05, 0) is 31.6 Å². The van der Waals surface area contributed by atoms with Gasteiger partial charge in [0.25, 0.3) is 0 Å². The molecule has 1 atom stereocenters. The van der Waals surface area contributed by atoms with Gasteiger partial charge < -0.3 is 0 Å². The van der Waals surface area contributed by atoms with Crippen molar-refractivity contribution in [3.8, 4) is 0 Å². The smallest absolute Gasteiger partial charge is 0.249 e. The first-order valence-electron chi connectivity index (χ1n) is 6.60. The third-order valence-electron chi connectivity index (χ3n) is 3.80. The maximum absolute atomic E-state index is 13.0. The van der Waals surface area contributed by atoms with Gasteiger partial charge >= 0.3 is 0 Å². The van der Waals surface area contributed by atoms with Gasteiger partial charge in [-0.3, -0.25) is 4.79 Å². The van der Waals surface area contributed by atoms with Crippen LogP contribution in [0.1, 0.15) is 23.7 Å². The van der Waals surface area contributed by atoms with Crippen LogP contribution in [0.5, 0.6) is 0 Å². The fourth-order valence-electron chi connectivity index (χ4n) is 2.38. The van der Waals surface area contributed by atoms with Crippen molar-refractivity contribution in [1.29, 1.82) is 0 Å². The van der Waals surface area contributed by atoms with Gasteiger partial charge in [-0.15, -0.1) is 0 Å². The maximum Gasteiger partial charge on any atom is 0.249 e. The van der Waals surface area contributed by atoms with Crippen molar-refractivity contribution >= 4 is 38.9 Å². The van der Waals surface area contributed by atoms with Crippen LogP contribution in [0.3, 0.4) is 0 Å². The summed E-state index contributed by atoms with van der Waals surface area (Å²) in [6.07, 6.45) is 8.65. The normalized spacial score (nSPS) is 21.8. The summed E-state index contributed by atoms with van der Waals surface area (Å²) in [5, 5.41) is 1.13. The van der Waals surface area contributed by atoms with Crippen molar-refractivity contribution in [3.05, 3.63) is 53.4 Å². The Kier molecular flexibility index (Phi) is 3.45. The van der Waals surface area contributed by atoms with Gasteiger partial charge in [-0.2, -0.15) is 0 Å². The highest BCUT2D eigenvalue weighted by molar-refractivity contribution is 7.91. The van der Waals surface area contributed by atoms with E-state index in [9.17, 15) is 13.2 Å². The summed E-state index contributed by atoms with van der Waals surface area (Å²) in [7, 11) is -3.71. The molecule has 0 radical (unpaired) electrons. The molecule has 0 aliphatic heterocycles. The molecule has 0 bridgehead atoms. The maximum atomic E-state index is 13.0. The minimum atomic E-state index is -3.71. The summed E-state index contributed by atoms with van der Waals surface area (Å²) in [6, 6.07) is 3.24. The number of carbonyl (C=O) groups is 1. The number of carbonyl (C=O) groups excluding carboxylic acids is 1. The van der Waals surface area contributed by atoms with Crippen LogP contribution in [0.4, 0.5) is 0 Å². The van der Waals surface area contributed by atoms with Gasteiger partial charge in [0.2, 0.25) is 10.0 Å². The molecule has 0 amide bonds. The highest BCUT2D eigenvalue weighted by Gasteiger charge is 2.39. The van der Waals surface area contributed by atoms with Gasteiger partial charge in [0.1, 0.15) is 4.75 Å². The summed E-state index contributed by atoms with van der Waals surface area (Å²) < 4.78 is 26.0. The van der Waals surface area contributed by atoms with E-state index in [1.54, 1.807) is 37.3 Å². The highest BCUT2D eigenvalue weighted by Crippen LogP contribution is 2.33. The molecule has 3 rings (SSSR count). The van der Waals surface area contributed by atoms with Crippen molar-refractivity contribution in [1.82, 2.24) is 8.96 Å². The highest BCUT2D eigenvalue weighted by atomic mass is 35.5. The molecule has 5 nitrogen and oxygen atoms in total. The van der Waals surface area contributed by atoms with Crippen molar-refractivity contribution in [3.63, 3.8) is 0 Å². The van der Waals surface area contributed by atoms with E-state index in [0.717, 1.165) is 3.97 Å². The summed E-state index contributed by atoms with van der Waals surface area (Å²) in [6.45, 7) is 1.64. The molecule has 0 saturated heterocycles. The van der Waals surface area contributed by atoms with Crippen LogP contribution in [0, 0.1) is 0 Å². The zero-order valence-corrected chi connectivity index (χ0v) is 13.3. The first kappa shape index (κ1) is 15.0. The molecule has 2 aromatic heterocycles. The quantitative estimate of drug-likeness (QED) is 0.808. The molecule has 2 heterocycles. The molecule has 0 saturated carbocycles. The zero-order chi connectivity index (χ0) is 16.0. The summed E-state index contributed by atoms with van der Waals surface area (Å²) in [5.41, 5.74) is 0.710. The second-order valence-corrected chi connectivity index (χ2v) is 8.07. The number of pyridine rings is 1. The largest absolute Gasteiger partial charge is 0.298 e. The minimum Gasteiger partial charge on any atom is -0.298 e. The third kappa shape index (κ3) is 2.19. The molecular weight excluding hydrogens is 324 g/mol. The van der Waals surface area contributed by atoms with E-state index in [1.807, 2.05) is 0 Å². The molecule has 0 N–H and O–H groups in total. The third-order valence-corrected chi connectivity index (χ3v) is 6.37. The molecule has 1 unspecified atom stereocenters. The minimum absolute atomic E-state index is 0.288. The average molecular weight is 337 g/mol. The van der Waals surface area contributed by atoms with Crippen LogP contribution in [-0.4, -0.2) is 28.4 Å². The van der Waals surface area contributed by atoms with E-state index >= 15 is 0 Å².